The standard InChI is InChI=1S/C24H38F2O5/c1-5-23(3,4)22(29)31-19-13-24(25,26)12-15-7-6-14(2)18(21(15)19)9-8-17-10-16(27)11-20(28)30-17/h14-19,21,27H,5-13H2,1-4H3/t14-,15-,16-,17-,18-,19-,21-/m0/s1. The second kappa shape index (κ2) is 9.32. The fourth-order valence-corrected chi connectivity index (χ4v) is 5.78. The van der Waals surface area contributed by atoms with Gasteiger partial charge in [0.1, 0.15) is 12.2 Å². The van der Waals surface area contributed by atoms with Crippen LogP contribution in [0, 0.1) is 29.1 Å². The van der Waals surface area contributed by atoms with Gasteiger partial charge in [0.15, 0.2) is 0 Å². The molecule has 0 spiro atoms. The minimum absolute atomic E-state index is 0.0291. The van der Waals surface area contributed by atoms with Gasteiger partial charge in [0.25, 0.3) is 5.92 Å². The molecule has 3 aliphatic rings. The van der Waals surface area contributed by atoms with Gasteiger partial charge >= 0.3 is 11.9 Å². The molecule has 5 nitrogen and oxygen atoms in total. The topological polar surface area (TPSA) is 72.8 Å². The van der Waals surface area contributed by atoms with E-state index in [1.165, 1.54) is 0 Å². The van der Waals surface area contributed by atoms with Gasteiger partial charge < -0.3 is 14.6 Å². The lowest BCUT2D eigenvalue weighted by Crippen LogP contribution is -2.51. The molecule has 7 heteroatoms. The SMILES string of the molecule is CCC(C)(C)C(=O)O[C@H]1CC(F)(F)C[C@@H]2CC[C@H](C)[C@H](CC[C@H]3C[C@H](O)CC(=O)O3)[C@H]21. The lowest BCUT2D eigenvalue weighted by atomic mass is 9.59. The van der Waals surface area contributed by atoms with E-state index in [2.05, 4.69) is 6.92 Å². The highest BCUT2D eigenvalue weighted by Crippen LogP contribution is 2.53. The number of alkyl halides is 2. The van der Waals surface area contributed by atoms with Crippen molar-refractivity contribution < 1.29 is 33.0 Å². The van der Waals surface area contributed by atoms with Crippen LogP contribution in [0.2, 0.25) is 0 Å². The first-order valence-corrected chi connectivity index (χ1v) is 11.9. The van der Waals surface area contributed by atoms with Gasteiger partial charge in [-0.1, -0.05) is 20.3 Å². The number of hydrogen-bond acceptors (Lipinski definition) is 5. The maximum atomic E-state index is 14.6. The molecule has 1 heterocycles. The molecule has 0 aromatic rings. The maximum absolute atomic E-state index is 14.6. The second-order valence-electron chi connectivity index (χ2n) is 10.8. The van der Waals surface area contributed by atoms with Crippen molar-refractivity contribution >= 4 is 11.9 Å². The number of hydrogen-bond donors (Lipinski definition) is 1. The van der Waals surface area contributed by atoms with E-state index >= 15 is 0 Å². The first-order chi connectivity index (χ1) is 14.4. The Bertz CT molecular complexity index is 664. The molecule has 1 saturated heterocycles. The highest BCUT2D eigenvalue weighted by atomic mass is 19.3. The van der Waals surface area contributed by atoms with Crippen LogP contribution in [0.5, 0.6) is 0 Å². The van der Waals surface area contributed by atoms with Crippen LogP contribution in [0.3, 0.4) is 0 Å². The summed E-state index contributed by atoms with van der Waals surface area (Å²) in [4.78, 5) is 24.4. The summed E-state index contributed by atoms with van der Waals surface area (Å²) in [6, 6.07) is 0. The van der Waals surface area contributed by atoms with E-state index in [1.54, 1.807) is 13.8 Å². The number of aliphatic hydroxyl groups is 1. The van der Waals surface area contributed by atoms with Crippen molar-refractivity contribution in [2.45, 2.75) is 110 Å². The lowest BCUT2D eigenvalue weighted by molar-refractivity contribution is -0.192. The predicted molar refractivity (Wildman–Crippen MR) is 111 cm³/mol. The summed E-state index contributed by atoms with van der Waals surface area (Å²) in [6.45, 7) is 7.62. The van der Waals surface area contributed by atoms with Crippen LogP contribution in [0.15, 0.2) is 0 Å². The number of halogens is 2. The largest absolute Gasteiger partial charge is 0.462 e. The Labute approximate surface area is 184 Å². The molecular formula is C24H38F2O5. The summed E-state index contributed by atoms with van der Waals surface area (Å²) in [5.41, 5.74) is -0.704. The van der Waals surface area contributed by atoms with Crippen molar-refractivity contribution in [1.29, 1.82) is 0 Å². The van der Waals surface area contributed by atoms with Crippen LogP contribution in [0.4, 0.5) is 8.78 Å². The molecule has 0 amide bonds. The van der Waals surface area contributed by atoms with Gasteiger partial charge in [-0.3, -0.25) is 9.59 Å². The second-order valence-corrected chi connectivity index (χ2v) is 10.8. The zero-order valence-corrected chi connectivity index (χ0v) is 19.2. The summed E-state index contributed by atoms with van der Waals surface area (Å²) in [6.07, 6.45) is 1.55. The monoisotopic (exact) mass is 444 g/mol. The number of fused-ring (bicyclic) bond motifs is 1. The van der Waals surface area contributed by atoms with Crippen molar-refractivity contribution in [3.8, 4) is 0 Å². The van der Waals surface area contributed by atoms with E-state index in [0.717, 1.165) is 12.8 Å². The molecule has 178 valence electrons. The van der Waals surface area contributed by atoms with Crippen molar-refractivity contribution in [3.05, 3.63) is 0 Å². The van der Waals surface area contributed by atoms with Crippen LogP contribution in [0.25, 0.3) is 0 Å². The normalized spacial score (nSPS) is 38.2. The molecule has 2 aliphatic carbocycles. The van der Waals surface area contributed by atoms with Gasteiger partial charge in [-0.25, -0.2) is 8.78 Å². The maximum Gasteiger partial charge on any atom is 0.311 e. The first-order valence-electron chi connectivity index (χ1n) is 11.9. The average molecular weight is 445 g/mol. The molecule has 31 heavy (non-hydrogen) atoms. The zero-order chi connectivity index (χ0) is 23.0. The fourth-order valence-electron chi connectivity index (χ4n) is 5.78. The average Bonchev–Trinajstić information content (AvgIpc) is 2.66. The number of carbonyl (C=O) groups excluding carboxylic acids is 2. The Morgan fingerprint density at radius 3 is 2.61 bits per heavy atom. The first kappa shape index (κ1) is 24.4. The molecular weight excluding hydrogens is 406 g/mol. The van der Waals surface area contributed by atoms with E-state index in [1.807, 2.05) is 6.92 Å². The molecule has 3 fully saturated rings. The summed E-state index contributed by atoms with van der Waals surface area (Å²) in [5, 5.41) is 9.88. The minimum Gasteiger partial charge on any atom is -0.462 e. The zero-order valence-electron chi connectivity index (χ0n) is 19.2. The highest BCUT2D eigenvalue weighted by Gasteiger charge is 2.54. The Morgan fingerprint density at radius 2 is 1.97 bits per heavy atom. The van der Waals surface area contributed by atoms with Crippen LogP contribution in [-0.4, -0.2) is 41.3 Å². The van der Waals surface area contributed by atoms with Crippen LogP contribution >= 0.6 is 0 Å². The molecule has 0 aromatic heterocycles. The lowest BCUT2D eigenvalue weighted by Gasteiger charge is -2.50. The Hall–Kier alpha value is -1.24. The van der Waals surface area contributed by atoms with Crippen molar-refractivity contribution in [2.75, 3.05) is 0 Å². The van der Waals surface area contributed by atoms with E-state index in [4.69, 9.17) is 9.47 Å². The van der Waals surface area contributed by atoms with Crippen molar-refractivity contribution in [1.82, 2.24) is 0 Å². The van der Waals surface area contributed by atoms with Crippen molar-refractivity contribution in [2.24, 2.45) is 29.1 Å². The van der Waals surface area contributed by atoms with E-state index in [9.17, 15) is 23.5 Å². The smallest absolute Gasteiger partial charge is 0.311 e. The molecule has 0 unspecified atom stereocenters. The van der Waals surface area contributed by atoms with Crippen LogP contribution in [-0.2, 0) is 19.1 Å². The van der Waals surface area contributed by atoms with Crippen LogP contribution in [0.1, 0.15) is 85.5 Å². The Kier molecular flexibility index (Phi) is 7.34. The molecule has 0 radical (unpaired) electrons. The Balaban J connectivity index is 1.76. The van der Waals surface area contributed by atoms with E-state index < -0.39 is 35.9 Å². The number of ether oxygens (including phenoxy) is 2. The number of cyclic esters (lactones) is 1. The molecule has 1 aliphatic heterocycles. The molecule has 0 bridgehead atoms. The number of esters is 2. The van der Waals surface area contributed by atoms with Gasteiger partial charge in [0.05, 0.1) is 17.9 Å². The number of carbonyl (C=O) groups is 2. The third-order valence-electron chi connectivity index (χ3n) is 8.00. The third-order valence-corrected chi connectivity index (χ3v) is 8.00. The highest BCUT2D eigenvalue weighted by molar-refractivity contribution is 5.76. The summed E-state index contributed by atoms with van der Waals surface area (Å²) < 4.78 is 40.3. The molecule has 3 rings (SSSR count). The number of rotatable bonds is 6. The van der Waals surface area contributed by atoms with Gasteiger partial charge in [-0.15, -0.1) is 0 Å². The van der Waals surface area contributed by atoms with Crippen LogP contribution < -0.4 is 0 Å². The molecule has 1 N–H and O–H groups in total. The van der Waals surface area contributed by atoms with E-state index in [0.29, 0.717) is 31.6 Å². The predicted octanol–water partition coefficient (Wildman–Crippen LogP) is 4.89. The van der Waals surface area contributed by atoms with Crippen molar-refractivity contribution in [3.63, 3.8) is 0 Å². The van der Waals surface area contributed by atoms with Gasteiger partial charge in [0, 0.05) is 25.2 Å². The van der Waals surface area contributed by atoms with Gasteiger partial charge in [-0.2, -0.15) is 0 Å². The summed E-state index contributed by atoms with van der Waals surface area (Å²) in [5.74, 6) is -3.46. The summed E-state index contributed by atoms with van der Waals surface area (Å²) >= 11 is 0. The third kappa shape index (κ3) is 5.77. The Morgan fingerprint density at radius 1 is 1.26 bits per heavy atom. The molecule has 7 atom stereocenters. The van der Waals surface area contributed by atoms with Gasteiger partial charge in [0.2, 0.25) is 0 Å². The fraction of sp³-hybridized carbons (Fsp3) is 0.917. The minimum atomic E-state index is -2.82. The molecule has 0 aromatic carbocycles. The summed E-state index contributed by atoms with van der Waals surface area (Å²) in [7, 11) is 0. The van der Waals surface area contributed by atoms with E-state index in [-0.39, 0.29) is 42.7 Å². The quantitative estimate of drug-likeness (QED) is 0.591. The van der Waals surface area contributed by atoms with Gasteiger partial charge in [-0.05, 0) is 57.3 Å². The number of aliphatic hydroxyl groups excluding tert-OH is 1. The molecule has 2 saturated carbocycles.